The molecule has 0 bridgehead atoms. The number of hydrogen-bond acceptors (Lipinski definition) is 2. The Hall–Kier alpha value is -1.40. The molecule has 0 unspecified atom stereocenters. The van der Waals surface area contributed by atoms with Gasteiger partial charge in [-0.2, -0.15) is 0 Å². The third-order valence-electron chi connectivity index (χ3n) is 4.14. The fourth-order valence-electron chi connectivity index (χ4n) is 2.81. The molecular weight excluding hydrogens is 298 g/mol. The lowest BCUT2D eigenvalue weighted by atomic mass is 10.3. The van der Waals surface area contributed by atoms with Gasteiger partial charge in [-0.1, -0.05) is 13.3 Å². The minimum absolute atomic E-state index is 0.350. The van der Waals surface area contributed by atoms with Crippen molar-refractivity contribution in [2.45, 2.75) is 51.6 Å². The standard InChI is InChI=1S/C16H26N3O2S/c1-6-8-11-19-13(3)18(7-2)15-10-9-14(12-16(15)19)22(20,21)17(4)5/h9-10,12H,6-8,11H2,1-5H3/q+1. The van der Waals surface area contributed by atoms with Crippen LogP contribution in [0.4, 0.5) is 0 Å². The number of imidazole rings is 1. The molecule has 1 aromatic heterocycles. The second kappa shape index (κ2) is 6.38. The summed E-state index contributed by atoms with van der Waals surface area (Å²) >= 11 is 0. The van der Waals surface area contributed by atoms with Gasteiger partial charge in [0.2, 0.25) is 10.0 Å². The normalized spacial score (nSPS) is 12.5. The van der Waals surface area contributed by atoms with Crippen LogP contribution in [-0.4, -0.2) is 31.4 Å². The van der Waals surface area contributed by atoms with E-state index in [9.17, 15) is 8.42 Å². The Bertz CT molecular complexity index is 776. The third kappa shape index (κ3) is 2.77. The molecule has 0 aliphatic carbocycles. The lowest BCUT2D eigenvalue weighted by molar-refractivity contribution is -0.675. The molecule has 1 heterocycles. The Labute approximate surface area is 133 Å². The predicted octanol–water partition coefficient (Wildman–Crippen LogP) is 2.31. The maximum atomic E-state index is 12.4. The van der Waals surface area contributed by atoms with E-state index in [2.05, 4.69) is 29.9 Å². The van der Waals surface area contributed by atoms with Crippen LogP contribution in [0.15, 0.2) is 23.1 Å². The molecule has 0 aliphatic rings. The minimum atomic E-state index is -3.41. The molecule has 0 aliphatic heterocycles. The topological polar surface area (TPSA) is 46.2 Å². The number of nitrogens with zero attached hydrogens (tertiary/aromatic N) is 3. The maximum absolute atomic E-state index is 12.4. The predicted molar refractivity (Wildman–Crippen MR) is 88.3 cm³/mol. The highest BCUT2D eigenvalue weighted by Gasteiger charge is 2.24. The van der Waals surface area contributed by atoms with Gasteiger partial charge in [0, 0.05) is 27.1 Å². The van der Waals surface area contributed by atoms with Crippen LogP contribution >= 0.6 is 0 Å². The molecular formula is C16H26N3O2S+. The molecule has 0 saturated heterocycles. The van der Waals surface area contributed by atoms with Gasteiger partial charge in [-0.15, -0.1) is 0 Å². The van der Waals surface area contributed by atoms with Crippen molar-refractivity contribution in [3.63, 3.8) is 0 Å². The van der Waals surface area contributed by atoms with E-state index in [4.69, 9.17) is 0 Å². The van der Waals surface area contributed by atoms with E-state index in [1.54, 1.807) is 26.2 Å². The number of benzene rings is 1. The van der Waals surface area contributed by atoms with E-state index in [-0.39, 0.29) is 0 Å². The summed E-state index contributed by atoms with van der Waals surface area (Å²) in [6, 6.07) is 5.43. The first-order valence-electron chi connectivity index (χ1n) is 7.79. The number of rotatable bonds is 6. The zero-order valence-corrected chi connectivity index (χ0v) is 14.9. The molecule has 6 heteroatoms. The third-order valence-corrected chi connectivity index (χ3v) is 5.95. The van der Waals surface area contributed by atoms with Crippen molar-refractivity contribution in [3.05, 3.63) is 24.0 Å². The lowest BCUT2D eigenvalue weighted by Gasteiger charge is -2.10. The van der Waals surface area contributed by atoms with Crippen molar-refractivity contribution in [3.8, 4) is 0 Å². The van der Waals surface area contributed by atoms with Crippen molar-refractivity contribution in [1.82, 2.24) is 8.87 Å². The van der Waals surface area contributed by atoms with Gasteiger partial charge in [-0.25, -0.2) is 21.9 Å². The first-order valence-corrected chi connectivity index (χ1v) is 9.23. The van der Waals surface area contributed by atoms with Crippen molar-refractivity contribution in [2.75, 3.05) is 14.1 Å². The molecule has 2 rings (SSSR count). The second-order valence-electron chi connectivity index (χ2n) is 5.73. The summed E-state index contributed by atoms with van der Waals surface area (Å²) < 4.78 is 30.5. The molecule has 0 saturated carbocycles. The summed E-state index contributed by atoms with van der Waals surface area (Å²) in [6.07, 6.45) is 2.19. The van der Waals surface area contributed by atoms with Crippen molar-refractivity contribution in [1.29, 1.82) is 0 Å². The zero-order chi connectivity index (χ0) is 16.5. The van der Waals surface area contributed by atoms with Crippen LogP contribution in [-0.2, 0) is 23.1 Å². The SMILES string of the molecule is CCCCn1c(C)[n+](CC)c2ccc(S(=O)(=O)N(C)C)cc21. The average molecular weight is 324 g/mol. The van der Waals surface area contributed by atoms with Gasteiger partial charge >= 0.3 is 0 Å². The molecule has 0 amide bonds. The fourth-order valence-corrected chi connectivity index (χ4v) is 3.73. The number of unbranched alkanes of at least 4 members (excludes halogenated alkanes) is 1. The molecule has 5 nitrogen and oxygen atoms in total. The summed E-state index contributed by atoms with van der Waals surface area (Å²) in [7, 11) is -0.280. The van der Waals surface area contributed by atoms with Crippen LogP contribution < -0.4 is 4.57 Å². The molecule has 122 valence electrons. The highest BCUT2D eigenvalue weighted by atomic mass is 32.2. The number of aryl methyl sites for hydroxylation is 2. The van der Waals surface area contributed by atoms with E-state index in [0.29, 0.717) is 4.90 Å². The summed E-state index contributed by atoms with van der Waals surface area (Å²) in [6.45, 7) is 8.16. The minimum Gasteiger partial charge on any atom is -0.228 e. The van der Waals surface area contributed by atoms with Crippen molar-refractivity contribution >= 4 is 21.1 Å². The summed E-state index contributed by atoms with van der Waals surface area (Å²) in [5, 5.41) is 0. The van der Waals surface area contributed by atoms with Gasteiger partial charge in [0.25, 0.3) is 5.82 Å². The Morgan fingerprint density at radius 2 is 1.91 bits per heavy atom. The average Bonchev–Trinajstić information content (AvgIpc) is 2.75. The first-order chi connectivity index (χ1) is 10.3. The molecule has 0 spiro atoms. The summed E-state index contributed by atoms with van der Waals surface area (Å²) in [5.41, 5.74) is 2.09. The maximum Gasteiger partial charge on any atom is 0.254 e. The van der Waals surface area contributed by atoms with E-state index in [0.717, 1.165) is 37.0 Å². The van der Waals surface area contributed by atoms with Crippen LogP contribution in [0, 0.1) is 6.92 Å². The Morgan fingerprint density at radius 3 is 2.45 bits per heavy atom. The largest absolute Gasteiger partial charge is 0.254 e. The van der Waals surface area contributed by atoms with Crippen LogP contribution in [0.3, 0.4) is 0 Å². The number of fused-ring (bicyclic) bond motifs is 1. The fraction of sp³-hybridized carbons (Fsp3) is 0.562. The molecule has 0 fully saturated rings. The Balaban J connectivity index is 2.69. The van der Waals surface area contributed by atoms with Gasteiger partial charge in [-0.05, 0) is 25.5 Å². The monoisotopic (exact) mass is 324 g/mol. The lowest BCUT2D eigenvalue weighted by Crippen LogP contribution is -2.35. The zero-order valence-electron chi connectivity index (χ0n) is 14.1. The molecule has 1 aromatic carbocycles. The van der Waals surface area contributed by atoms with Gasteiger partial charge in [0.15, 0.2) is 11.0 Å². The molecule has 0 radical (unpaired) electrons. The van der Waals surface area contributed by atoms with Gasteiger partial charge in [0.1, 0.15) is 0 Å². The van der Waals surface area contributed by atoms with Crippen molar-refractivity contribution < 1.29 is 13.0 Å². The number of sulfonamides is 1. The quantitative estimate of drug-likeness (QED) is 0.766. The summed E-state index contributed by atoms with van der Waals surface area (Å²) in [4.78, 5) is 0.350. The van der Waals surface area contributed by atoms with Crippen molar-refractivity contribution in [2.24, 2.45) is 0 Å². The Morgan fingerprint density at radius 1 is 1.23 bits per heavy atom. The molecule has 0 N–H and O–H groups in total. The van der Waals surface area contributed by atoms with Crippen LogP contribution in [0.1, 0.15) is 32.5 Å². The number of hydrogen-bond donors (Lipinski definition) is 0. The highest BCUT2D eigenvalue weighted by Crippen LogP contribution is 2.21. The number of aromatic nitrogens is 2. The first kappa shape index (κ1) is 17.0. The molecule has 0 atom stereocenters. The van der Waals surface area contributed by atoms with Crippen LogP contribution in [0.5, 0.6) is 0 Å². The smallest absolute Gasteiger partial charge is 0.228 e. The van der Waals surface area contributed by atoms with E-state index in [1.807, 2.05) is 6.07 Å². The molecule has 2 aromatic rings. The van der Waals surface area contributed by atoms with Crippen LogP contribution in [0.25, 0.3) is 11.0 Å². The molecule has 22 heavy (non-hydrogen) atoms. The van der Waals surface area contributed by atoms with E-state index < -0.39 is 10.0 Å². The van der Waals surface area contributed by atoms with Gasteiger partial charge < -0.3 is 0 Å². The van der Waals surface area contributed by atoms with E-state index in [1.165, 1.54) is 10.1 Å². The van der Waals surface area contributed by atoms with Gasteiger partial charge in [-0.3, -0.25) is 0 Å². The summed E-state index contributed by atoms with van der Waals surface area (Å²) in [5.74, 6) is 1.17. The Kier molecular flexibility index (Phi) is 4.92. The van der Waals surface area contributed by atoms with Gasteiger partial charge in [0.05, 0.1) is 18.0 Å². The van der Waals surface area contributed by atoms with E-state index >= 15 is 0 Å². The highest BCUT2D eigenvalue weighted by molar-refractivity contribution is 7.89. The van der Waals surface area contributed by atoms with Crippen LogP contribution in [0.2, 0.25) is 0 Å². The second-order valence-corrected chi connectivity index (χ2v) is 7.89.